The molecule has 2 atom stereocenters. The van der Waals surface area contributed by atoms with Gasteiger partial charge in [-0.05, 0) is 89.3 Å². The number of alkyl halides is 3. The number of hydrogen-bond donors (Lipinski definition) is 3. The molecule has 3 aliphatic rings. The number of nitrogens with one attached hydrogen (secondary N) is 3. The molecule has 0 spiro atoms. The maximum atomic E-state index is 13.8. The van der Waals surface area contributed by atoms with Gasteiger partial charge >= 0.3 is 6.18 Å². The molecule has 0 radical (unpaired) electrons. The molecule has 3 fully saturated rings. The average molecular weight is 574 g/mol. The summed E-state index contributed by atoms with van der Waals surface area (Å²) < 4.78 is 41.5. The van der Waals surface area contributed by atoms with Crippen LogP contribution in [-0.4, -0.2) is 76.9 Å². The van der Waals surface area contributed by atoms with Crippen molar-refractivity contribution in [1.82, 2.24) is 25.1 Å². The predicted molar refractivity (Wildman–Crippen MR) is 150 cm³/mol. The number of hydrogen-bond acceptors (Lipinski definition) is 7. The molecule has 1 aromatic heterocycles. The van der Waals surface area contributed by atoms with E-state index in [4.69, 9.17) is 0 Å². The Morgan fingerprint density at radius 3 is 2.32 bits per heavy atom. The second-order valence-electron chi connectivity index (χ2n) is 11.5. The lowest BCUT2D eigenvalue weighted by Gasteiger charge is -2.35. The van der Waals surface area contributed by atoms with E-state index in [9.17, 15) is 22.8 Å². The van der Waals surface area contributed by atoms with Crippen LogP contribution in [0.4, 0.5) is 30.6 Å². The van der Waals surface area contributed by atoms with Crippen molar-refractivity contribution in [3.05, 3.63) is 41.6 Å². The van der Waals surface area contributed by atoms with E-state index in [1.54, 1.807) is 29.2 Å². The van der Waals surface area contributed by atoms with E-state index in [2.05, 4.69) is 37.9 Å². The van der Waals surface area contributed by atoms with Crippen LogP contribution in [0.2, 0.25) is 0 Å². The van der Waals surface area contributed by atoms with E-state index >= 15 is 0 Å². The highest BCUT2D eigenvalue weighted by molar-refractivity contribution is 5.94. The van der Waals surface area contributed by atoms with Crippen molar-refractivity contribution < 1.29 is 22.8 Å². The lowest BCUT2D eigenvalue weighted by atomic mass is 9.92. The third-order valence-electron chi connectivity index (χ3n) is 8.66. The monoisotopic (exact) mass is 573 g/mol. The van der Waals surface area contributed by atoms with Gasteiger partial charge in [0, 0.05) is 42.6 Å². The summed E-state index contributed by atoms with van der Waals surface area (Å²) in [7, 11) is 3.89. The Morgan fingerprint density at radius 2 is 1.68 bits per heavy atom. The lowest BCUT2D eigenvalue weighted by molar-refractivity contribution is -0.137. The van der Waals surface area contributed by atoms with Gasteiger partial charge in [-0.3, -0.25) is 9.59 Å². The number of amides is 2. The first kappa shape index (κ1) is 29.1. The van der Waals surface area contributed by atoms with Gasteiger partial charge in [0.15, 0.2) is 0 Å². The van der Waals surface area contributed by atoms with Crippen molar-refractivity contribution in [2.75, 3.05) is 37.8 Å². The van der Waals surface area contributed by atoms with E-state index in [0.717, 1.165) is 57.8 Å². The van der Waals surface area contributed by atoms with Gasteiger partial charge in [0.2, 0.25) is 11.9 Å². The van der Waals surface area contributed by atoms with Crippen LogP contribution in [0.5, 0.6) is 0 Å². The minimum Gasteiger partial charge on any atom is -0.366 e. The minimum absolute atomic E-state index is 0.0171. The van der Waals surface area contributed by atoms with Gasteiger partial charge in [-0.15, -0.1) is 0 Å². The van der Waals surface area contributed by atoms with E-state index in [-0.39, 0.29) is 35.7 Å². The van der Waals surface area contributed by atoms with Gasteiger partial charge in [0.25, 0.3) is 5.91 Å². The zero-order valence-corrected chi connectivity index (χ0v) is 23.5. The number of aromatic nitrogens is 2. The highest BCUT2D eigenvalue weighted by Gasteiger charge is 2.39. The Kier molecular flexibility index (Phi) is 8.67. The number of carbonyl (C=O) groups excluding carboxylic acids is 2. The van der Waals surface area contributed by atoms with E-state index < -0.39 is 23.7 Å². The maximum absolute atomic E-state index is 13.8. The predicted octanol–water partition coefficient (Wildman–Crippen LogP) is 4.65. The van der Waals surface area contributed by atoms with Crippen LogP contribution >= 0.6 is 0 Å². The molecule has 41 heavy (non-hydrogen) atoms. The third kappa shape index (κ3) is 6.91. The topological polar surface area (TPSA) is 102 Å². The summed E-state index contributed by atoms with van der Waals surface area (Å²) in [4.78, 5) is 37.9. The van der Waals surface area contributed by atoms with Crippen molar-refractivity contribution in [2.24, 2.45) is 5.92 Å². The molecule has 1 aliphatic heterocycles. The standard InChI is InChI=1S/C29H38F3N7O2/c1-38-15-13-21(14-16-38)39(2)27(41)18-9-11-20(12-10-18)35-28-33-17-23(29(30,31)32)25(37-28)36-24-8-4-7-22(24)26(40)34-19-5-3-6-19/h9-12,17,19,21-22,24H,3-8,13-16H2,1-2H3,(H,34,40)(H2,33,35,36,37)/t22-,24+/m0/s1. The Balaban J connectivity index is 1.27. The van der Waals surface area contributed by atoms with E-state index in [0.29, 0.717) is 24.1 Å². The summed E-state index contributed by atoms with van der Waals surface area (Å²) in [6, 6.07) is 6.63. The van der Waals surface area contributed by atoms with Crippen molar-refractivity contribution in [2.45, 2.75) is 75.7 Å². The van der Waals surface area contributed by atoms with E-state index in [1.807, 2.05) is 7.05 Å². The van der Waals surface area contributed by atoms with Crippen LogP contribution in [0.25, 0.3) is 0 Å². The number of nitrogens with zero attached hydrogens (tertiary/aromatic N) is 4. The highest BCUT2D eigenvalue weighted by Crippen LogP contribution is 2.37. The molecule has 9 nitrogen and oxygen atoms in total. The first-order valence-electron chi connectivity index (χ1n) is 14.4. The maximum Gasteiger partial charge on any atom is 0.421 e. The van der Waals surface area contributed by atoms with E-state index in [1.165, 1.54) is 0 Å². The fourth-order valence-corrected chi connectivity index (χ4v) is 5.82. The summed E-state index contributed by atoms with van der Waals surface area (Å²) in [5.74, 6) is -0.968. The fraction of sp³-hybridized carbons (Fsp3) is 0.586. The third-order valence-corrected chi connectivity index (χ3v) is 8.66. The molecule has 0 bridgehead atoms. The smallest absolute Gasteiger partial charge is 0.366 e. The molecular formula is C29H38F3N7O2. The Hall–Kier alpha value is -3.41. The summed E-state index contributed by atoms with van der Waals surface area (Å²) in [5, 5.41) is 8.90. The normalized spacial score (nSPS) is 22.2. The number of halogens is 3. The highest BCUT2D eigenvalue weighted by atomic mass is 19.4. The Morgan fingerprint density at radius 1 is 1.00 bits per heavy atom. The Labute approximate surface area is 238 Å². The van der Waals surface area contributed by atoms with Crippen LogP contribution in [0, 0.1) is 5.92 Å². The average Bonchev–Trinajstić information content (AvgIpc) is 3.38. The SMILES string of the molecule is CN1CCC(N(C)C(=O)c2ccc(Nc3ncc(C(F)(F)F)c(N[C@@H]4CCC[C@@H]4C(=O)NC4CCC4)n3)cc2)CC1. The number of anilines is 3. The minimum atomic E-state index is -4.66. The molecular weight excluding hydrogens is 535 g/mol. The molecule has 12 heteroatoms. The van der Waals surface area contributed by atoms with Crippen LogP contribution in [0.15, 0.2) is 30.5 Å². The Bertz CT molecular complexity index is 1230. The molecule has 2 heterocycles. The fourth-order valence-electron chi connectivity index (χ4n) is 5.82. The second-order valence-corrected chi connectivity index (χ2v) is 11.5. The van der Waals surface area contributed by atoms with Gasteiger partial charge in [-0.2, -0.15) is 18.2 Å². The second kappa shape index (κ2) is 12.2. The van der Waals surface area contributed by atoms with Crippen molar-refractivity contribution in [1.29, 1.82) is 0 Å². The van der Waals surface area contributed by atoms with Crippen molar-refractivity contribution in [3.63, 3.8) is 0 Å². The molecule has 222 valence electrons. The van der Waals surface area contributed by atoms with Crippen LogP contribution < -0.4 is 16.0 Å². The summed E-state index contributed by atoms with van der Waals surface area (Å²) in [5.41, 5.74) is 0.0823. The first-order valence-corrected chi connectivity index (χ1v) is 14.4. The van der Waals surface area contributed by atoms with Crippen molar-refractivity contribution >= 4 is 29.3 Å². The molecule has 2 amide bonds. The summed E-state index contributed by atoms with van der Waals surface area (Å²) in [6.45, 7) is 1.90. The number of piperidine rings is 1. The molecule has 5 rings (SSSR count). The van der Waals surface area contributed by atoms with Crippen LogP contribution in [0.1, 0.15) is 67.3 Å². The molecule has 1 aromatic carbocycles. The van der Waals surface area contributed by atoms with Gasteiger partial charge in [-0.1, -0.05) is 6.42 Å². The number of likely N-dealkylation sites (tertiary alicyclic amines) is 1. The van der Waals surface area contributed by atoms with Crippen LogP contribution in [-0.2, 0) is 11.0 Å². The number of rotatable bonds is 8. The zero-order valence-electron chi connectivity index (χ0n) is 23.5. The van der Waals surface area contributed by atoms with Gasteiger partial charge in [-0.25, -0.2) is 4.98 Å². The van der Waals surface area contributed by atoms with Gasteiger partial charge < -0.3 is 25.8 Å². The number of benzene rings is 1. The summed E-state index contributed by atoms with van der Waals surface area (Å²) in [6.07, 6.45) is 2.85. The molecule has 0 unspecified atom stereocenters. The quantitative estimate of drug-likeness (QED) is 0.422. The lowest BCUT2D eigenvalue weighted by Crippen LogP contribution is -2.45. The molecule has 2 saturated carbocycles. The number of carbonyl (C=O) groups is 2. The molecule has 2 aromatic rings. The first-order chi connectivity index (χ1) is 19.6. The van der Waals surface area contributed by atoms with Crippen LogP contribution in [0.3, 0.4) is 0 Å². The largest absolute Gasteiger partial charge is 0.421 e. The molecule has 1 saturated heterocycles. The van der Waals surface area contributed by atoms with Crippen molar-refractivity contribution in [3.8, 4) is 0 Å². The summed E-state index contributed by atoms with van der Waals surface area (Å²) >= 11 is 0. The molecule has 2 aliphatic carbocycles. The van der Waals surface area contributed by atoms with Gasteiger partial charge in [0.05, 0.1) is 5.92 Å². The molecule has 3 N–H and O–H groups in total. The van der Waals surface area contributed by atoms with Gasteiger partial charge in [0.1, 0.15) is 11.4 Å². The zero-order chi connectivity index (χ0) is 29.1.